The van der Waals surface area contributed by atoms with Crippen molar-refractivity contribution in [3.05, 3.63) is 41.7 Å². The number of para-hydroxylation sites is 1. The highest BCUT2D eigenvalue weighted by atomic mass is 15.4. The van der Waals surface area contributed by atoms with Gasteiger partial charge in [0.25, 0.3) is 0 Å². The van der Waals surface area contributed by atoms with Gasteiger partial charge in [-0.25, -0.2) is 4.68 Å². The highest BCUT2D eigenvalue weighted by molar-refractivity contribution is 5.33. The summed E-state index contributed by atoms with van der Waals surface area (Å²) in [5, 5.41) is 8.67. The Balaban J connectivity index is 2.01. The minimum absolute atomic E-state index is 1.09. The molecule has 1 aromatic carbocycles. The van der Waals surface area contributed by atoms with Gasteiger partial charge in [-0.3, -0.25) is 0 Å². The molecule has 0 N–H and O–H groups in total. The zero-order valence-corrected chi connectivity index (χ0v) is 9.97. The third kappa shape index (κ3) is 2.09. The van der Waals surface area contributed by atoms with E-state index in [4.69, 9.17) is 0 Å². The lowest BCUT2D eigenvalue weighted by Crippen LogP contribution is -2.05. The van der Waals surface area contributed by atoms with Crippen LogP contribution in [0.15, 0.2) is 30.3 Å². The van der Waals surface area contributed by atoms with Crippen LogP contribution in [0.5, 0.6) is 0 Å². The Hall–Kier alpha value is -1.64. The van der Waals surface area contributed by atoms with Gasteiger partial charge in [0.05, 0.1) is 17.1 Å². The van der Waals surface area contributed by atoms with E-state index in [0.29, 0.717) is 0 Å². The number of hydrogen-bond acceptors (Lipinski definition) is 2. The first-order valence-corrected chi connectivity index (χ1v) is 6.44. The molecule has 0 bridgehead atoms. The molecule has 0 aliphatic heterocycles. The monoisotopic (exact) mass is 227 g/mol. The second-order valence-corrected chi connectivity index (χ2v) is 4.64. The number of hydrogen-bond donors (Lipinski definition) is 0. The predicted octanol–water partition coefficient (Wildman–Crippen LogP) is 2.93. The number of fused-ring (bicyclic) bond motifs is 1. The summed E-state index contributed by atoms with van der Waals surface area (Å²) in [4.78, 5) is 0. The van der Waals surface area contributed by atoms with Crippen molar-refractivity contribution in [1.82, 2.24) is 15.0 Å². The predicted molar refractivity (Wildman–Crippen MR) is 67.2 cm³/mol. The van der Waals surface area contributed by atoms with E-state index in [9.17, 15) is 0 Å². The maximum absolute atomic E-state index is 4.35. The van der Waals surface area contributed by atoms with E-state index in [-0.39, 0.29) is 0 Å². The van der Waals surface area contributed by atoms with Crippen molar-refractivity contribution in [2.24, 2.45) is 0 Å². The molecule has 0 saturated carbocycles. The minimum atomic E-state index is 1.09. The fraction of sp³-hybridized carbons (Fsp3) is 0.429. The molecule has 1 heterocycles. The van der Waals surface area contributed by atoms with Gasteiger partial charge in [-0.15, -0.1) is 5.10 Å². The van der Waals surface area contributed by atoms with Crippen LogP contribution < -0.4 is 0 Å². The van der Waals surface area contributed by atoms with Crippen LogP contribution in [-0.4, -0.2) is 15.0 Å². The summed E-state index contributed by atoms with van der Waals surface area (Å²) in [5.74, 6) is 0. The van der Waals surface area contributed by atoms with Crippen molar-refractivity contribution >= 4 is 0 Å². The number of aromatic nitrogens is 3. The first-order valence-electron chi connectivity index (χ1n) is 6.44. The summed E-state index contributed by atoms with van der Waals surface area (Å²) in [5.41, 5.74) is 3.64. The highest BCUT2D eigenvalue weighted by Crippen LogP contribution is 2.20. The normalized spacial score (nSPS) is 16.0. The van der Waals surface area contributed by atoms with Crippen molar-refractivity contribution in [3.8, 4) is 5.69 Å². The van der Waals surface area contributed by atoms with Crippen LogP contribution in [0.3, 0.4) is 0 Å². The average Bonchev–Trinajstić information content (AvgIpc) is 2.72. The van der Waals surface area contributed by atoms with Crippen LogP contribution >= 0.6 is 0 Å². The smallest absolute Gasteiger partial charge is 0.0863 e. The van der Waals surface area contributed by atoms with Gasteiger partial charge in [0.2, 0.25) is 0 Å². The first-order chi connectivity index (χ1) is 8.45. The quantitative estimate of drug-likeness (QED) is 0.750. The van der Waals surface area contributed by atoms with E-state index >= 15 is 0 Å². The summed E-state index contributed by atoms with van der Waals surface area (Å²) < 4.78 is 2.01. The van der Waals surface area contributed by atoms with Crippen LogP contribution in [0.2, 0.25) is 0 Å². The molecular formula is C14H17N3. The van der Waals surface area contributed by atoms with Gasteiger partial charge >= 0.3 is 0 Å². The summed E-state index contributed by atoms with van der Waals surface area (Å²) >= 11 is 0. The van der Waals surface area contributed by atoms with Crippen LogP contribution in [0, 0.1) is 0 Å². The van der Waals surface area contributed by atoms with E-state index in [1.54, 1.807) is 0 Å². The van der Waals surface area contributed by atoms with Crippen molar-refractivity contribution < 1.29 is 0 Å². The van der Waals surface area contributed by atoms with Gasteiger partial charge in [0.1, 0.15) is 0 Å². The summed E-state index contributed by atoms with van der Waals surface area (Å²) in [6, 6.07) is 10.3. The molecule has 3 nitrogen and oxygen atoms in total. The van der Waals surface area contributed by atoms with Gasteiger partial charge in [-0.1, -0.05) is 36.3 Å². The van der Waals surface area contributed by atoms with Crippen molar-refractivity contribution in [1.29, 1.82) is 0 Å². The standard InChI is InChI=1S/C14H17N3/c1-2-7-11-14-13(10-6-1)15-16-17(14)12-8-4-3-5-9-12/h3-5,8-9H,1-2,6-7,10-11H2. The molecule has 0 atom stereocenters. The van der Waals surface area contributed by atoms with Crippen molar-refractivity contribution in [2.45, 2.75) is 38.5 Å². The number of aryl methyl sites for hydroxylation is 1. The number of benzene rings is 1. The van der Waals surface area contributed by atoms with Gasteiger partial charge in [0.15, 0.2) is 0 Å². The molecule has 0 spiro atoms. The largest absolute Gasteiger partial charge is 0.217 e. The Morgan fingerprint density at radius 3 is 2.47 bits per heavy atom. The van der Waals surface area contributed by atoms with E-state index < -0.39 is 0 Å². The lowest BCUT2D eigenvalue weighted by Gasteiger charge is -2.10. The molecule has 0 radical (unpaired) electrons. The van der Waals surface area contributed by atoms with Crippen LogP contribution in [0.1, 0.15) is 37.1 Å². The molecule has 88 valence electrons. The number of nitrogens with zero attached hydrogens (tertiary/aromatic N) is 3. The Morgan fingerprint density at radius 2 is 1.65 bits per heavy atom. The van der Waals surface area contributed by atoms with E-state index in [0.717, 1.165) is 18.5 Å². The molecule has 1 aromatic heterocycles. The lowest BCUT2D eigenvalue weighted by atomic mass is 10.0. The Kier molecular flexibility index (Phi) is 2.90. The Morgan fingerprint density at radius 1 is 0.882 bits per heavy atom. The molecule has 2 aromatic rings. The Bertz CT molecular complexity index is 487. The maximum Gasteiger partial charge on any atom is 0.0863 e. The topological polar surface area (TPSA) is 30.7 Å². The van der Waals surface area contributed by atoms with E-state index in [1.165, 1.54) is 37.1 Å². The molecule has 3 rings (SSSR count). The zero-order valence-electron chi connectivity index (χ0n) is 9.97. The number of rotatable bonds is 1. The molecular weight excluding hydrogens is 210 g/mol. The summed E-state index contributed by atoms with van der Waals surface area (Å²) in [6.07, 6.45) is 7.37. The molecule has 0 unspecified atom stereocenters. The summed E-state index contributed by atoms with van der Waals surface area (Å²) in [6.45, 7) is 0. The second kappa shape index (κ2) is 4.70. The third-order valence-corrected chi connectivity index (χ3v) is 3.42. The average molecular weight is 227 g/mol. The van der Waals surface area contributed by atoms with Crippen LogP contribution in [0.4, 0.5) is 0 Å². The summed E-state index contributed by atoms with van der Waals surface area (Å²) in [7, 11) is 0. The molecule has 0 amide bonds. The second-order valence-electron chi connectivity index (χ2n) is 4.64. The van der Waals surface area contributed by atoms with E-state index in [1.807, 2.05) is 22.9 Å². The molecule has 3 heteroatoms. The van der Waals surface area contributed by atoms with Crippen molar-refractivity contribution in [2.75, 3.05) is 0 Å². The fourth-order valence-corrected chi connectivity index (χ4v) is 2.49. The van der Waals surface area contributed by atoms with E-state index in [2.05, 4.69) is 22.4 Å². The highest BCUT2D eigenvalue weighted by Gasteiger charge is 2.15. The van der Waals surface area contributed by atoms with Gasteiger partial charge in [-0.2, -0.15) is 0 Å². The molecule has 0 saturated heterocycles. The molecule has 17 heavy (non-hydrogen) atoms. The van der Waals surface area contributed by atoms with Crippen LogP contribution in [-0.2, 0) is 12.8 Å². The lowest BCUT2D eigenvalue weighted by molar-refractivity contribution is 0.602. The maximum atomic E-state index is 4.35. The van der Waals surface area contributed by atoms with Gasteiger partial charge < -0.3 is 0 Å². The Labute approximate surface area is 101 Å². The minimum Gasteiger partial charge on any atom is -0.217 e. The fourth-order valence-electron chi connectivity index (χ4n) is 2.49. The van der Waals surface area contributed by atoms with Crippen LogP contribution in [0.25, 0.3) is 5.69 Å². The SMILES string of the molecule is c1ccc(-n2nnc3c2CCCCCC3)cc1. The van der Waals surface area contributed by atoms with Crippen molar-refractivity contribution in [3.63, 3.8) is 0 Å². The first kappa shape index (κ1) is 10.5. The third-order valence-electron chi connectivity index (χ3n) is 3.42. The van der Waals surface area contributed by atoms with Gasteiger partial charge in [0, 0.05) is 0 Å². The zero-order chi connectivity index (χ0) is 11.5. The molecule has 0 fully saturated rings. The molecule has 1 aliphatic carbocycles. The van der Waals surface area contributed by atoms with Gasteiger partial charge in [-0.05, 0) is 37.8 Å². The molecule has 1 aliphatic rings.